The van der Waals surface area contributed by atoms with Gasteiger partial charge >= 0.3 is 0 Å². The first-order valence-electron chi connectivity index (χ1n) is 7.68. The molecule has 1 amide bonds. The lowest BCUT2D eigenvalue weighted by atomic mass is 9.79. The molecule has 0 aromatic heterocycles. The topological polar surface area (TPSA) is 40.5 Å². The van der Waals surface area contributed by atoms with Gasteiger partial charge < -0.3 is 10.0 Å². The van der Waals surface area contributed by atoms with Crippen LogP contribution in [0.25, 0.3) is 0 Å². The van der Waals surface area contributed by atoms with E-state index in [1.807, 2.05) is 49.1 Å². The number of rotatable bonds is 5. The smallest absolute Gasteiger partial charge is 0.233 e. The molecule has 1 atom stereocenters. The number of amides is 1. The molecule has 0 aliphatic heterocycles. The molecular weight excluding hydrogens is 250 g/mol. The number of hydrogen-bond donors (Lipinski definition) is 1. The van der Waals surface area contributed by atoms with Crippen LogP contribution in [0.2, 0.25) is 0 Å². The van der Waals surface area contributed by atoms with Gasteiger partial charge in [-0.1, -0.05) is 43.2 Å². The number of benzene rings is 1. The average molecular weight is 275 g/mol. The van der Waals surface area contributed by atoms with Crippen molar-refractivity contribution in [1.29, 1.82) is 0 Å². The summed E-state index contributed by atoms with van der Waals surface area (Å²) in [7, 11) is 0. The van der Waals surface area contributed by atoms with Crippen molar-refractivity contribution in [3.05, 3.63) is 35.9 Å². The Kier molecular flexibility index (Phi) is 4.81. The molecule has 1 N–H and O–H groups in total. The highest BCUT2D eigenvalue weighted by atomic mass is 16.3. The Balaban J connectivity index is 2.37. The fourth-order valence-corrected chi connectivity index (χ4v) is 3.32. The van der Waals surface area contributed by atoms with Crippen LogP contribution in [0.1, 0.15) is 51.0 Å². The van der Waals surface area contributed by atoms with Crippen molar-refractivity contribution >= 4 is 5.91 Å². The van der Waals surface area contributed by atoms with Crippen LogP contribution in [-0.4, -0.2) is 34.6 Å². The SMILES string of the molecule is CCN(CC)C(=O)C(c1ccccc1)C1(O)CCCC1. The summed E-state index contributed by atoms with van der Waals surface area (Å²) in [5, 5.41) is 11.0. The maximum absolute atomic E-state index is 12.9. The van der Waals surface area contributed by atoms with Crippen LogP contribution in [-0.2, 0) is 4.79 Å². The number of aliphatic hydroxyl groups is 1. The zero-order chi connectivity index (χ0) is 14.6. The molecule has 1 fully saturated rings. The molecular formula is C17H25NO2. The first kappa shape index (κ1) is 15.0. The van der Waals surface area contributed by atoms with Gasteiger partial charge in [0, 0.05) is 13.1 Å². The van der Waals surface area contributed by atoms with Gasteiger partial charge in [0.05, 0.1) is 11.5 Å². The summed E-state index contributed by atoms with van der Waals surface area (Å²) in [5.41, 5.74) is 0.0647. The van der Waals surface area contributed by atoms with E-state index in [4.69, 9.17) is 0 Å². The van der Waals surface area contributed by atoms with Gasteiger partial charge in [-0.05, 0) is 32.3 Å². The van der Waals surface area contributed by atoms with E-state index >= 15 is 0 Å². The Hall–Kier alpha value is -1.35. The molecule has 1 aliphatic rings. The fourth-order valence-electron chi connectivity index (χ4n) is 3.32. The van der Waals surface area contributed by atoms with Gasteiger partial charge in [0.2, 0.25) is 5.91 Å². The van der Waals surface area contributed by atoms with Crippen LogP contribution in [0.5, 0.6) is 0 Å². The minimum atomic E-state index is -0.874. The van der Waals surface area contributed by atoms with Crippen LogP contribution in [0, 0.1) is 0 Å². The van der Waals surface area contributed by atoms with Gasteiger partial charge in [-0.25, -0.2) is 0 Å². The van der Waals surface area contributed by atoms with Gasteiger partial charge in [-0.2, -0.15) is 0 Å². The molecule has 1 aromatic carbocycles. The zero-order valence-electron chi connectivity index (χ0n) is 12.5. The number of carbonyl (C=O) groups is 1. The quantitative estimate of drug-likeness (QED) is 0.897. The molecule has 1 aliphatic carbocycles. The molecule has 0 heterocycles. The molecule has 1 aromatic rings. The van der Waals surface area contributed by atoms with Crippen molar-refractivity contribution in [2.24, 2.45) is 0 Å². The minimum absolute atomic E-state index is 0.0607. The highest BCUT2D eigenvalue weighted by molar-refractivity contribution is 5.85. The molecule has 110 valence electrons. The second kappa shape index (κ2) is 6.40. The number of carbonyl (C=O) groups excluding carboxylic acids is 1. The molecule has 1 unspecified atom stereocenters. The van der Waals surface area contributed by atoms with E-state index in [0.29, 0.717) is 13.1 Å². The predicted octanol–water partition coefficient (Wildman–Crippen LogP) is 2.94. The summed E-state index contributed by atoms with van der Waals surface area (Å²) < 4.78 is 0. The summed E-state index contributed by atoms with van der Waals surface area (Å²) in [4.78, 5) is 14.7. The number of nitrogens with zero attached hydrogens (tertiary/aromatic N) is 1. The van der Waals surface area contributed by atoms with E-state index in [1.54, 1.807) is 0 Å². The van der Waals surface area contributed by atoms with Crippen molar-refractivity contribution in [1.82, 2.24) is 4.90 Å². The summed E-state index contributed by atoms with van der Waals surface area (Å²) in [5.74, 6) is -0.364. The maximum atomic E-state index is 12.9. The molecule has 0 saturated heterocycles. The summed E-state index contributed by atoms with van der Waals surface area (Å²) in [6.45, 7) is 5.35. The van der Waals surface area contributed by atoms with E-state index in [2.05, 4.69) is 0 Å². The van der Waals surface area contributed by atoms with Crippen LogP contribution < -0.4 is 0 Å². The van der Waals surface area contributed by atoms with Gasteiger partial charge in [-0.15, -0.1) is 0 Å². The van der Waals surface area contributed by atoms with E-state index in [9.17, 15) is 9.90 Å². The van der Waals surface area contributed by atoms with Crippen LogP contribution >= 0.6 is 0 Å². The lowest BCUT2D eigenvalue weighted by molar-refractivity contribution is -0.139. The molecule has 20 heavy (non-hydrogen) atoms. The normalized spacial score (nSPS) is 18.8. The number of likely N-dealkylation sites (N-methyl/N-ethyl adjacent to an activating group) is 1. The second-order valence-corrected chi connectivity index (χ2v) is 5.66. The highest BCUT2D eigenvalue weighted by Gasteiger charge is 2.45. The lowest BCUT2D eigenvalue weighted by Gasteiger charge is -2.35. The Morgan fingerprint density at radius 1 is 1.20 bits per heavy atom. The maximum Gasteiger partial charge on any atom is 0.233 e. The van der Waals surface area contributed by atoms with Crippen molar-refractivity contribution < 1.29 is 9.90 Å². The van der Waals surface area contributed by atoms with E-state index in [0.717, 1.165) is 31.2 Å². The third-order valence-corrected chi connectivity index (χ3v) is 4.46. The van der Waals surface area contributed by atoms with Gasteiger partial charge in [-0.3, -0.25) is 4.79 Å². The highest BCUT2D eigenvalue weighted by Crippen LogP contribution is 2.42. The van der Waals surface area contributed by atoms with Crippen LogP contribution in [0.3, 0.4) is 0 Å². The molecule has 3 nitrogen and oxygen atoms in total. The van der Waals surface area contributed by atoms with E-state index < -0.39 is 11.5 Å². The van der Waals surface area contributed by atoms with Crippen molar-refractivity contribution in [2.75, 3.05) is 13.1 Å². The second-order valence-electron chi connectivity index (χ2n) is 5.66. The Morgan fingerprint density at radius 2 is 1.75 bits per heavy atom. The van der Waals surface area contributed by atoms with Crippen molar-refractivity contribution in [2.45, 2.75) is 51.0 Å². The number of hydrogen-bond acceptors (Lipinski definition) is 2. The Morgan fingerprint density at radius 3 is 2.25 bits per heavy atom. The van der Waals surface area contributed by atoms with Gasteiger partial charge in [0.1, 0.15) is 0 Å². The monoisotopic (exact) mass is 275 g/mol. The molecule has 0 radical (unpaired) electrons. The van der Waals surface area contributed by atoms with Crippen LogP contribution in [0.4, 0.5) is 0 Å². The fraction of sp³-hybridized carbons (Fsp3) is 0.588. The van der Waals surface area contributed by atoms with Crippen molar-refractivity contribution in [3.8, 4) is 0 Å². The molecule has 2 rings (SSSR count). The first-order valence-corrected chi connectivity index (χ1v) is 7.68. The average Bonchev–Trinajstić information content (AvgIpc) is 2.89. The third-order valence-electron chi connectivity index (χ3n) is 4.46. The third kappa shape index (κ3) is 2.88. The van der Waals surface area contributed by atoms with Crippen LogP contribution in [0.15, 0.2) is 30.3 Å². The van der Waals surface area contributed by atoms with Gasteiger partial charge in [0.15, 0.2) is 0 Å². The zero-order valence-corrected chi connectivity index (χ0v) is 12.5. The standard InChI is InChI=1S/C17H25NO2/c1-3-18(4-2)16(19)15(14-10-6-5-7-11-14)17(20)12-8-9-13-17/h5-7,10-11,15,20H,3-4,8-9,12-13H2,1-2H3. The summed E-state index contributed by atoms with van der Waals surface area (Å²) in [6, 6.07) is 9.75. The Labute approximate surface area is 121 Å². The van der Waals surface area contributed by atoms with Gasteiger partial charge in [0.25, 0.3) is 0 Å². The molecule has 3 heteroatoms. The summed E-state index contributed by atoms with van der Waals surface area (Å²) in [6.07, 6.45) is 3.45. The summed E-state index contributed by atoms with van der Waals surface area (Å²) >= 11 is 0. The Bertz CT molecular complexity index is 434. The van der Waals surface area contributed by atoms with Crippen molar-refractivity contribution in [3.63, 3.8) is 0 Å². The molecule has 1 saturated carbocycles. The largest absolute Gasteiger partial charge is 0.389 e. The minimum Gasteiger partial charge on any atom is -0.389 e. The first-order chi connectivity index (χ1) is 9.62. The molecule has 0 spiro atoms. The molecule has 0 bridgehead atoms. The lowest BCUT2D eigenvalue weighted by Crippen LogP contribution is -2.45. The van der Waals surface area contributed by atoms with E-state index in [-0.39, 0.29) is 5.91 Å². The van der Waals surface area contributed by atoms with E-state index in [1.165, 1.54) is 0 Å². The predicted molar refractivity (Wildman–Crippen MR) is 80.5 cm³/mol.